The first kappa shape index (κ1) is 13.1. The van der Waals surface area contributed by atoms with Gasteiger partial charge in [-0.1, -0.05) is 42.1 Å². The molecule has 2 aromatic rings. The van der Waals surface area contributed by atoms with Crippen LogP contribution in [0.5, 0.6) is 0 Å². The van der Waals surface area contributed by atoms with E-state index < -0.39 is 0 Å². The standard InChI is InChI=1S/C15H16FNS/c1-17(2)11-12-7-3-5-9-14(12)18-15-10-6-4-8-13(15)16/h3-10H,11H2,1-2H3/p+1. The number of quaternary nitrogens is 1. The molecule has 0 bridgehead atoms. The smallest absolute Gasteiger partial charge is 0.137 e. The van der Waals surface area contributed by atoms with E-state index in [1.165, 1.54) is 28.3 Å². The summed E-state index contributed by atoms with van der Waals surface area (Å²) >= 11 is 1.49. The van der Waals surface area contributed by atoms with Gasteiger partial charge in [0.1, 0.15) is 12.4 Å². The maximum Gasteiger partial charge on any atom is 0.137 e. The molecule has 94 valence electrons. The molecule has 0 amide bonds. The largest absolute Gasteiger partial charge is 0.336 e. The number of hydrogen-bond donors (Lipinski definition) is 1. The van der Waals surface area contributed by atoms with Gasteiger partial charge in [-0.15, -0.1) is 0 Å². The van der Waals surface area contributed by atoms with E-state index in [9.17, 15) is 4.39 Å². The molecule has 0 spiro atoms. The number of hydrogen-bond acceptors (Lipinski definition) is 1. The molecule has 0 saturated carbocycles. The van der Waals surface area contributed by atoms with E-state index >= 15 is 0 Å². The first-order valence-corrected chi connectivity index (χ1v) is 6.78. The highest BCUT2D eigenvalue weighted by atomic mass is 32.2. The maximum absolute atomic E-state index is 13.6. The number of benzene rings is 2. The van der Waals surface area contributed by atoms with Crippen LogP contribution in [-0.2, 0) is 6.54 Å². The molecule has 0 radical (unpaired) electrons. The third-order valence-electron chi connectivity index (χ3n) is 2.57. The van der Waals surface area contributed by atoms with Gasteiger partial charge in [0.15, 0.2) is 0 Å². The Morgan fingerprint density at radius 3 is 2.22 bits per heavy atom. The van der Waals surface area contributed by atoms with E-state index in [1.807, 2.05) is 24.3 Å². The van der Waals surface area contributed by atoms with E-state index in [0.29, 0.717) is 4.90 Å². The summed E-state index contributed by atoms with van der Waals surface area (Å²) < 4.78 is 13.6. The third-order valence-corrected chi connectivity index (χ3v) is 3.74. The molecular weight excluding hydrogens is 245 g/mol. The first-order valence-electron chi connectivity index (χ1n) is 5.96. The van der Waals surface area contributed by atoms with E-state index in [1.54, 1.807) is 6.07 Å². The van der Waals surface area contributed by atoms with Crippen molar-refractivity contribution < 1.29 is 9.29 Å². The Labute approximate surface area is 112 Å². The average Bonchev–Trinajstić information content (AvgIpc) is 2.34. The molecule has 0 saturated heterocycles. The fraction of sp³-hybridized carbons (Fsp3) is 0.200. The minimum atomic E-state index is -0.158. The molecule has 2 aromatic carbocycles. The summed E-state index contributed by atoms with van der Waals surface area (Å²) in [5.74, 6) is -0.158. The Morgan fingerprint density at radius 1 is 0.944 bits per heavy atom. The van der Waals surface area contributed by atoms with Gasteiger partial charge < -0.3 is 4.90 Å². The molecule has 1 N–H and O–H groups in total. The Morgan fingerprint density at radius 2 is 1.56 bits per heavy atom. The van der Waals surface area contributed by atoms with Gasteiger partial charge >= 0.3 is 0 Å². The highest BCUT2D eigenvalue weighted by molar-refractivity contribution is 7.99. The Kier molecular flexibility index (Phi) is 4.39. The van der Waals surface area contributed by atoms with E-state index in [-0.39, 0.29) is 5.82 Å². The maximum atomic E-state index is 13.6. The Hall–Kier alpha value is -1.32. The van der Waals surface area contributed by atoms with Crippen molar-refractivity contribution >= 4 is 11.8 Å². The third kappa shape index (κ3) is 3.34. The molecule has 18 heavy (non-hydrogen) atoms. The minimum absolute atomic E-state index is 0.158. The molecule has 0 unspecified atom stereocenters. The number of halogens is 1. The first-order chi connectivity index (χ1) is 8.66. The van der Waals surface area contributed by atoms with Crippen LogP contribution >= 0.6 is 11.8 Å². The fourth-order valence-corrected chi connectivity index (χ4v) is 2.74. The lowest BCUT2D eigenvalue weighted by Crippen LogP contribution is -3.04. The minimum Gasteiger partial charge on any atom is -0.336 e. The van der Waals surface area contributed by atoms with Gasteiger partial charge in [-0.3, -0.25) is 0 Å². The van der Waals surface area contributed by atoms with Crippen molar-refractivity contribution in [3.8, 4) is 0 Å². The summed E-state index contributed by atoms with van der Waals surface area (Å²) in [5, 5.41) is 0. The van der Waals surface area contributed by atoms with Gasteiger partial charge in [-0.05, 0) is 18.2 Å². The summed E-state index contributed by atoms with van der Waals surface area (Å²) in [4.78, 5) is 3.17. The second kappa shape index (κ2) is 6.03. The van der Waals surface area contributed by atoms with Gasteiger partial charge in [0.05, 0.1) is 14.1 Å². The molecule has 0 aliphatic heterocycles. The summed E-state index contributed by atoms with van der Waals surface area (Å²) in [6, 6.07) is 15.1. The van der Waals surface area contributed by atoms with Gasteiger partial charge in [-0.25, -0.2) is 4.39 Å². The van der Waals surface area contributed by atoms with Crippen molar-refractivity contribution in [2.45, 2.75) is 16.3 Å². The summed E-state index contributed by atoms with van der Waals surface area (Å²) in [6.45, 7) is 0.942. The monoisotopic (exact) mass is 262 g/mol. The second-order valence-corrected chi connectivity index (χ2v) is 5.61. The van der Waals surface area contributed by atoms with Crippen molar-refractivity contribution in [3.63, 3.8) is 0 Å². The topological polar surface area (TPSA) is 4.44 Å². The lowest BCUT2D eigenvalue weighted by molar-refractivity contribution is -0.872. The fourth-order valence-electron chi connectivity index (χ4n) is 1.78. The van der Waals surface area contributed by atoms with E-state index in [0.717, 1.165) is 11.4 Å². The highest BCUT2D eigenvalue weighted by Gasteiger charge is 2.09. The van der Waals surface area contributed by atoms with Crippen molar-refractivity contribution in [1.29, 1.82) is 0 Å². The van der Waals surface area contributed by atoms with Crippen molar-refractivity contribution in [2.75, 3.05) is 14.1 Å². The summed E-state index contributed by atoms with van der Waals surface area (Å²) in [5.41, 5.74) is 1.26. The predicted octanol–water partition coefficient (Wildman–Crippen LogP) is 2.62. The van der Waals surface area contributed by atoms with Crippen LogP contribution in [-0.4, -0.2) is 14.1 Å². The van der Waals surface area contributed by atoms with E-state index in [2.05, 4.69) is 26.2 Å². The van der Waals surface area contributed by atoms with Gasteiger partial charge in [0.2, 0.25) is 0 Å². The van der Waals surface area contributed by atoms with Crippen LogP contribution in [0.25, 0.3) is 0 Å². The van der Waals surface area contributed by atoms with Crippen molar-refractivity contribution in [2.24, 2.45) is 0 Å². The summed E-state index contributed by atoms with van der Waals surface area (Å²) in [7, 11) is 4.23. The van der Waals surface area contributed by atoms with Crippen LogP contribution in [0.1, 0.15) is 5.56 Å². The van der Waals surface area contributed by atoms with Gasteiger partial charge in [0.25, 0.3) is 0 Å². The molecule has 1 nitrogen and oxygen atoms in total. The predicted molar refractivity (Wildman–Crippen MR) is 73.5 cm³/mol. The summed E-state index contributed by atoms with van der Waals surface area (Å²) in [6.07, 6.45) is 0. The Bertz CT molecular complexity index is 525. The zero-order valence-electron chi connectivity index (χ0n) is 10.6. The van der Waals surface area contributed by atoms with Crippen molar-refractivity contribution in [3.05, 3.63) is 59.9 Å². The van der Waals surface area contributed by atoms with Crippen LogP contribution in [0.4, 0.5) is 4.39 Å². The van der Waals surface area contributed by atoms with Crippen LogP contribution in [0.15, 0.2) is 58.3 Å². The highest BCUT2D eigenvalue weighted by Crippen LogP contribution is 2.31. The average molecular weight is 262 g/mol. The molecule has 0 aliphatic carbocycles. The molecular formula is C15H17FNS+. The lowest BCUT2D eigenvalue weighted by atomic mass is 10.2. The zero-order valence-corrected chi connectivity index (χ0v) is 11.4. The number of rotatable bonds is 4. The quantitative estimate of drug-likeness (QED) is 0.887. The molecule has 0 aliphatic rings. The number of nitrogens with one attached hydrogen (secondary N) is 1. The van der Waals surface area contributed by atoms with Gasteiger partial charge in [-0.2, -0.15) is 0 Å². The van der Waals surface area contributed by atoms with Gasteiger partial charge in [0, 0.05) is 15.4 Å². The molecule has 0 heterocycles. The SMILES string of the molecule is C[NH+](C)Cc1ccccc1Sc1ccccc1F. The van der Waals surface area contributed by atoms with Crippen molar-refractivity contribution in [1.82, 2.24) is 0 Å². The lowest BCUT2D eigenvalue weighted by Gasteiger charge is -2.12. The zero-order chi connectivity index (χ0) is 13.0. The molecule has 2 rings (SSSR count). The Balaban J connectivity index is 2.26. The molecule has 0 aromatic heterocycles. The molecule has 0 atom stereocenters. The normalized spacial score (nSPS) is 10.9. The van der Waals surface area contributed by atoms with Crippen LogP contribution < -0.4 is 4.90 Å². The molecule has 0 fully saturated rings. The van der Waals surface area contributed by atoms with Crippen LogP contribution in [0.2, 0.25) is 0 Å². The van der Waals surface area contributed by atoms with Crippen LogP contribution in [0.3, 0.4) is 0 Å². The van der Waals surface area contributed by atoms with E-state index in [4.69, 9.17) is 0 Å². The second-order valence-electron chi connectivity index (χ2n) is 4.52. The molecule has 3 heteroatoms. The van der Waals surface area contributed by atoms with Crippen LogP contribution in [0, 0.1) is 5.82 Å².